The molecule has 0 nitrogen and oxygen atoms in total. The highest BCUT2D eigenvalue weighted by molar-refractivity contribution is 5.89. The van der Waals surface area contributed by atoms with E-state index in [2.05, 4.69) is 26.0 Å². The number of hydrogen-bond acceptors (Lipinski definition) is 0. The van der Waals surface area contributed by atoms with Gasteiger partial charge in [-0.05, 0) is 40.2 Å². The van der Waals surface area contributed by atoms with Crippen molar-refractivity contribution in [3.63, 3.8) is 0 Å². The molecule has 1 unspecified atom stereocenters. The molecule has 0 saturated heterocycles. The molecule has 0 radical (unpaired) electrons. The predicted molar refractivity (Wildman–Crippen MR) is 81.7 cm³/mol. The summed E-state index contributed by atoms with van der Waals surface area (Å²) in [5, 5.41) is 2.24. The minimum atomic E-state index is -4.08. The molecule has 0 aliphatic heterocycles. The fourth-order valence-corrected chi connectivity index (χ4v) is 2.81. The molecule has 114 valence electrons. The summed E-state index contributed by atoms with van der Waals surface area (Å²) in [6.45, 7) is 6.14. The van der Waals surface area contributed by atoms with Crippen molar-refractivity contribution in [2.75, 3.05) is 0 Å². The highest BCUT2D eigenvalue weighted by atomic mass is 19.4. The monoisotopic (exact) mass is 294 g/mol. The second-order valence-electron chi connectivity index (χ2n) is 6.00. The summed E-state index contributed by atoms with van der Waals surface area (Å²) < 4.78 is 37.2. The number of hydrogen-bond donors (Lipinski definition) is 0. The van der Waals surface area contributed by atoms with Crippen LogP contribution in [0.1, 0.15) is 56.6 Å². The zero-order valence-electron chi connectivity index (χ0n) is 12.7. The molecule has 0 heterocycles. The van der Waals surface area contributed by atoms with Gasteiger partial charge in [-0.25, -0.2) is 0 Å². The van der Waals surface area contributed by atoms with Gasteiger partial charge in [0.1, 0.15) is 0 Å². The van der Waals surface area contributed by atoms with Gasteiger partial charge in [0, 0.05) is 6.42 Å². The van der Waals surface area contributed by atoms with Crippen LogP contribution in [-0.4, -0.2) is 6.18 Å². The average molecular weight is 294 g/mol. The van der Waals surface area contributed by atoms with E-state index in [-0.39, 0.29) is 12.3 Å². The third-order valence-corrected chi connectivity index (χ3v) is 4.01. The predicted octanol–water partition coefficient (Wildman–Crippen LogP) is 6.41. The Bertz CT molecular complexity index is 611. The molecule has 0 N–H and O–H groups in total. The minimum absolute atomic E-state index is 0.0993. The van der Waals surface area contributed by atoms with Gasteiger partial charge < -0.3 is 0 Å². The number of rotatable bonds is 4. The molecule has 0 bridgehead atoms. The quantitative estimate of drug-likeness (QED) is 0.611. The SMILES string of the molecule is CC(C)c1ccc(C(C)CCC(F)(F)F)c2ccccc12. The number of alkyl halides is 3. The summed E-state index contributed by atoms with van der Waals surface area (Å²) in [5.41, 5.74) is 2.26. The van der Waals surface area contributed by atoms with Gasteiger partial charge in [0.25, 0.3) is 0 Å². The summed E-state index contributed by atoms with van der Waals surface area (Å²) in [4.78, 5) is 0. The highest BCUT2D eigenvalue weighted by Crippen LogP contribution is 2.35. The van der Waals surface area contributed by atoms with Crippen molar-refractivity contribution in [2.45, 2.75) is 51.6 Å². The lowest BCUT2D eigenvalue weighted by Gasteiger charge is -2.18. The van der Waals surface area contributed by atoms with Crippen molar-refractivity contribution in [1.82, 2.24) is 0 Å². The zero-order chi connectivity index (χ0) is 15.6. The molecule has 0 fully saturated rings. The molecule has 2 aromatic carbocycles. The smallest absolute Gasteiger partial charge is 0.171 e. The van der Waals surface area contributed by atoms with Crippen LogP contribution in [0.2, 0.25) is 0 Å². The first-order valence-corrected chi connectivity index (χ1v) is 7.38. The van der Waals surface area contributed by atoms with Crippen molar-refractivity contribution in [2.24, 2.45) is 0 Å². The van der Waals surface area contributed by atoms with Gasteiger partial charge >= 0.3 is 6.18 Å². The van der Waals surface area contributed by atoms with Crippen molar-refractivity contribution >= 4 is 10.8 Å². The third kappa shape index (κ3) is 3.78. The lowest BCUT2D eigenvalue weighted by atomic mass is 9.87. The van der Waals surface area contributed by atoms with Gasteiger partial charge in [-0.3, -0.25) is 0 Å². The van der Waals surface area contributed by atoms with Crippen LogP contribution in [0.25, 0.3) is 10.8 Å². The average Bonchev–Trinajstić information content (AvgIpc) is 2.42. The second-order valence-corrected chi connectivity index (χ2v) is 6.00. The first-order valence-electron chi connectivity index (χ1n) is 7.38. The van der Waals surface area contributed by atoms with Crippen LogP contribution in [0.5, 0.6) is 0 Å². The van der Waals surface area contributed by atoms with E-state index in [0.717, 1.165) is 16.3 Å². The molecule has 0 aromatic heterocycles. The highest BCUT2D eigenvalue weighted by Gasteiger charge is 2.28. The molecule has 0 aliphatic rings. The Balaban J connectivity index is 2.39. The van der Waals surface area contributed by atoms with Crippen LogP contribution < -0.4 is 0 Å². The van der Waals surface area contributed by atoms with E-state index in [0.29, 0.717) is 5.92 Å². The van der Waals surface area contributed by atoms with Gasteiger partial charge in [0.2, 0.25) is 0 Å². The summed E-state index contributed by atoms with van der Waals surface area (Å²) in [7, 11) is 0. The number of benzene rings is 2. The van der Waals surface area contributed by atoms with Crippen molar-refractivity contribution in [1.29, 1.82) is 0 Å². The Morgan fingerprint density at radius 2 is 1.38 bits per heavy atom. The molecule has 1 atom stereocenters. The van der Waals surface area contributed by atoms with Crippen molar-refractivity contribution < 1.29 is 13.2 Å². The molecular weight excluding hydrogens is 273 g/mol. The van der Waals surface area contributed by atoms with Crippen molar-refractivity contribution in [3.05, 3.63) is 47.5 Å². The largest absolute Gasteiger partial charge is 0.389 e. The van der Waals surface area contributed by atoms with Gasteiger partial charge in [-0.15, -0.1) is 0 Å². The molecule has 0 spiro atoms. The van der Waals surface area contributed by atoms with E-state index in [4.69, 9.17) is 0 Å². The molecule has 0 amide bonds. The zero-order valence-corrected chi connectivity index (χ0v) is 12.7. The second kappa shape index (κ2) is 6.08. The molecule has 3 heteroatoms. The van der Waals surface area contributed by atoms with Gasteiger partial charge in [-0.2, -0.15) is 13.2 Å². The van der Waals surface area contributed by atoms with E-state index in [1.165, 1.54) is 5.56 Å². The van der Waals surface area contributed by atoms with E-state index in [1.54, 1.807) is 0 Å². The molecule has 2 aromatic rings. The normalized spacial score (nSPS) is 13.9. The Kier molecular flexibility index (Phi) is 4.60. The maximum Gasteiger partial charge on any atom is 0.389 e. The molecule has 0 aliphatic carbocycles. The molecule has 21 heavy (non-hydrogen) atoms. The summed E-state index contributed by atoms with van der Waals surface area (Å²) >= 11 is 0. The summed E-state index contributed by atoms with van der Waals surface area (Å²) in [5.74, 6) is 0.298. The van der Waals surface area contributed by atoms with Crippen LogP contribution in [0, 0.1) is 0 Å². The lowest BCUT2D eigenvalue weighted by Crippen LogP contribution is -2.09. The Morgan fingerprint density at radius 1 is 0.857 bits per heavy atom. The number of halogens is 3. The Hall–Kier alpha value is -1.51. The van der Waals surface area contributed by atoms with E-state index >= 15 is 0 Å². The molecule has 2 rings (SSSR count). The van der Waals surface area contributed by atoms with Crippen LogP contribution >= 0.6 is 0 Å². The van der Waals surface area contributed by atoms with Gasteiger partial charge in [-0.1, -0.05) is 57.2 Å². The summed E-state index contributed by atoms with van der Waals surface area (Å²) in [6, 6.07) is 12.1. The number of fused-ring (bicyclic) bond motifs is 1. The van der Waals surface area contributed by atoms with Crippen LogP contribution in [0.3, 0.4) is 0 Å². The fourth-order valence-electron chi connectivity index (χ4n) is 2.81. The topological polar surface area (TPSA) is 0 Å². The summed E-state index contributed by atoms with van der Waals surface area (Å²) in [6.07, 6.45) is -4.68. The van der Waals surface area contributed by atoms with E-state index < -0.39 is 12.6 Å². The van der Waals surface area contributed by atoms with Gasteiger partial charge in [0.05, 0.1) is 0 Å². The first-order chi connectivity index (χ1) is 9.79. The van der Waals surface area contributed by atoms with E-state index in [9.17, 15) is 13.2 Å². The molecule has 0 saturated carbocycles. The van der Waals surface area contributed by atoms with E-state index in [1.807, 2.05) is 31.2 Å². The van der Waals surface area contributed by atoms with Crippen LogP contribution in [0.15, 0.2) is 36.4 Å². The fraction of sp³-hybridized carbons (Fsp3) is 0.444. The lowest BCUT2D eigenvalue weighted by molar-refractivity contribution is -0.136. The molecular formula is C18H21F3. The van der Waals surface area contributed by atoms with Crippen LogP contribution in [0.4, 0.5) is 13.2 Å². The van der Waals surface area contributed by atoms with Gasteiger partial charge in [0.15, 0.2) is 0 Å². The first kappa shape index (κ1) is 15.9. The maximum absolute atomic E-state index is 12.4. The van der Waals surface area contributed by atoms with Crippen molar-refractivity contribution in [3.8, 4) is 0 Å². The Labute approximate surface area is 124 Å². The Morgan fingerprint density at radius 3 is 1.90 bits per heavy atom. The third-order valence-electron chi connectivity index (χ3n) is 4.01. The minimum Gasteiger partial charge on any atom is -0.171 e. The van der Waals surface area contributed by atoms with Crippen LogP contribution in [-0.2, 0) is 0 Å². The maximum atomic E-state index is 12.4. The standard InChI is InChI=1S/C18H21F3/c1-12(2)14-8-9-15(13(3)10-11-18(19,20)21)17-7-5-4-6-16(14)17/h4-9,12-13H,10-11H2,1-3H3.